The molecule has 4 N–H and O–H groups in total. The van der Waals surface area contributed by atoms with Gasteiger partial charge in [0.2, 0.25) is 5.78 Å². The van der Waals surface area contributed by atoms with E-state index in [9.17, 15) is 19.5 Å². The number of nitrogens with two attached hydrogens (primary N) is 1. The van der Waals surface area contributed by atoms with Crippen molar-refractivity contribution in [1.29, 1.82) is 0 Å². The number of nitrogens with one attached hydrogen (secondary N) is 1. The summed E-state index contributed by atoms with van der Waals surface area (Å²) >= 11 is 0. The van der Waals surface area contributed by atoms with Crippen LogP contribution in [-0.2, 0) is 4.79 Å². The van der Waals surface area contributed by atoms with Crippen LogP contribution in [0.5, 0.6) is 0 Å². The number of carboxylic acid groups (broad SMARTS) is 1. The summed E-state index contributed by atoms with van der Waals surface area (Å²) in [5.74, 6) is -1.72. The molecule has 0 radical (unpaired) electrons. The molecule has 0 spiro atoms. The smallest absolute Gasteiger partial charge is 0.326 e. The quantitative estimate of drug-likeness (QED) is 0.651. The summed E-state index contributed by atoms with van der Waals surface area (Å²) in [5, 5.41) is 11.9. The van der Waals surface area contributed by atoms with Gasteiger partial charge in [0.1, 0.15) is 6.04 Å². The minimum Gasteiger partial charge on any atom is -0.480 e. The Morgan fingerprint density at radius 1 is 1.18 bits per heavy atom. The van der Waals surface area contributed by atoms with E-state index in [1.54, 1.807) is 24.3 Å². The molecule has 1 unspecified atom stereocenters. The van der Waals surface area contributed by atoms with Crippen molar-refractivity contribution in [1.82, 2.24) is 5.32 Å². The molecule has 0 saturated carbocycles. The van der Waals surface area contributed by atoms with Crippen LogP contribution in [0, 0.1) is 0 Å². The maximum absolute atomic E-state index is 12.4. The monoisotopic (exact) mass is 302 g/mol. The van der Waals surface area contributed by atoms with E-state index in [4.69, 9.17) is 5.73 Å². The number of carbonyl (C=O) groups excluding carboxylic acids is 2. The van der Waals surface area contributed by atoms with Crippen LogP contribution in [0.3, 0.4) is 0 Å². The van der Waals surface area contributed by atoms with Gasteiger partial charge in [-0.15, -0.1) is 0 Å². The normalized spacial score (nSPS) is 15.0. The lowest BCUT2D eigenvalue weighted by atomic mass is 9.92. The molecule has 1 aliphatic rings. The number of fused-ring (bicyclic) bond motifs is 1. The first-order valence-corrected chi connectivity index (χ1v) is 7.13. The molecule has 1 aromatic rings. The molecule has 1 atom stereocenters. The average Bonchev–Trinajstić information content (AvgIpc) is 2.51. The third-order valence-corrected chi connectivity index (χ3v) is 3.53. The molecule has 0 aliphatic heterocycles. The predicted octanol–water partition coefficient (Wildman–Crippen LogP) is 1.12. The molecule has 0 amide bonds. The zero-order valence-electron chi connectivity index (χ0n) is 12.0. The van der Waals surface area contributed by atoms with Crippen molar-refractivity contribution < 1.29 is 19.5 Å². The second kappa shape index (κ2) is 7.00. The van der Waals surface area contributed by atoms with Crippen LogP contribution in [0.4, 0.5) is 0 Å². The highest BCUT2D eigenvalue weighted by Crippen LogP contribution is 2.20. The molecular formula is C16H18N2O4. The third-order valence-electron chi connectivity index (χ3n) is 3.53. The Bertz CT molecular complexity index is 637. The number of carbonyl (C=O) groups is 3. The largest absolute Gasteiger partial charge is 0.480 e. The van der Waals surface area contributed by atoms with Crippen LogP contribution in [0.2, 0.25) is 0 Å². The highest BCUT2D eigenvalue weighted by molar-refractivity contribution is 6.24. The number of Topliss-reactive ketones (excluding diaryl/α,β-unsaturated/α-hetero) is 1. The van der Waals surface area contributed by atoms with Crippen molar-refractivity contribution in [2.24, 2.45) is 5.73 Å². The van der Waals surface area contributed by atoms with Gasteiger partial charge in [-0.05, 0) is 25.8 Å². The Balaban J connectivity index is 2.16. The Kier molecular flexibility index (Phi) is 5.06. The van der Waals surface area contributed by atoms with E-state index < -0.39 is 12.0 Å². The van der Waals surface area contributed by atoms with Gasteiger partial charge in [-0.2, -0.15) is 0 Å². The lowest BCUT2D eigenvalue weighted by molar-refractivity contribution is -0.139. The molecule has 1 aromatic carbocycles. The van der Waals surface area contributed by atoms with Crippen molar-refractivity contribution in [3.8, 4) is 0 Å². The maximum Gasteiger partial charge on any atom is 0.326 e. The first-order chi connectivity index (χ1) is 10.5. The molecule has 6 nitrogen and oxygen atoms in total. The maximum atomic E-state index is 12.4. The molecule has 22 heavy (non-hydrogen) atoms. The zero-order chi connectivity index (χ0) is 16.1. The van der Waals surface area contributed by atoms with Crippen molar-refractivity contribution in [2.75, 3.05) is 6.54 Å². The van der Waals surface area contributed by atoms with Gasteiger partial charge < -0.3 is 16.2 Å². The summed E-state index contributed by atoms with van der Waals surface area (Å²) in [7, 11) is 0. The van der Waals surface area contributed by atoms with E-state index in [0.29, 0.717) is 36.9 Å². The molecule has 0 bridgehead atoms. The van der Waals surface area contributed by atoms with Gasteiger partial charge in [0, 0.05) is 17.2 Å². The number of ketones is 2. The van der Waals surface area contributed by atoms with Crippen LogP contribution in [0.15, 0.2) is 36.0 Å². The van der Waals surface area contributed by atoms with E-state index in [1.807, 2.05) is 0 Å². The van der Waals surface area contributed by atoms with Crippen molar-refractivity contribution >= 4 is 17.5 Å². The number of hydrogen-bond donors (Lipinski definition) is 3. The first kappa shape index (κ1) is 15.9. The average molecular weight is 302 g/mol. The number of hydrogen-bond acceptors (Lipinski definition) is 5. The van der Waals surface area contributed by atoms with Crippen molar-refractivity contribution in [3.63, 3.8) is 0 Å². The predicted molar refractivity (Wildman–Crippen MR) is 80.7 cm³/mol. The zero-order valence-corrected chi connectivity index (χ0v) is 12.0. The van der Waals surface area contributed by atoms with Gasteiger partial charge in [-0.1, -0.05) is 24.3 Å². The van der Waals surface area contributed by atoms with Crippen LogP contribution < -0.4 is 11.1 Å². The van der Waals surface area contributed by atoms with Crippen molar-refractivity contribution in [2.45, 2.75) is 25.3 Å². The summed E-state index contributed by atoms with van der Waals surface area (Å²) in [6.07, 6.45) is 2.85. The van der Waals surface area contributed by atoms with Gasteiger partial charge in [-0.25, -0.2) is 4.79 Å². The number of unbranched alkanes of at least 4 members (excludes halogenated alkanes) is 1. The van der Waals surface area contributed by atoms with E-state index in [1.165, 1.54) is 6.08 Å². The summed E-state index contributed by atoms with van der Waals surface area (Å²) < 4.78 is 0. The Hall–Kier alpha value is -2.47. The molecule has 2 rings (SSSR count). The van der Waals surface area contributed by atoms with Crippen LogP contribution in [0.1, 0.15) is 40.0 Å². The van der Waals surface area contributed by atoms with Crippen LogP contribution >= 0.6 is 0 Å². The minimum atomic E-state index is -1.06. The second-order valence-corrected chi connectivity index (χ2v) is 5.12. The fourth-order valence-electron chi connectivity index (χ4n) is 2.36. The standard InChI is InChI=1S/C16H18N2O4/c17-8-4-3-7-12(16(21)22)18-13-9-14(19)10-5-1-2-6-11(10)15(13)20/h1-2,5-6,9,12,18H,3-4,7-8,17H2,(H,21,22). The minimum absolute atomic E-state index is 0.0313. The SMILES string of the molecule is NCCCCC(NC1=CC(=O)c2ccccc2C1=O)C(=O)O. The third kappa shape index (κ3) is 3.40. The highest BCUT2D eigenvalue weighted by atomic mass is 16.4. The molecule has 1 aliphatic carbocycles. The molecule has 0 aromatic heterocycles. The van der Waals surface area contributed by atoms with Gasteiger partial charge in [0.05, 0.1) is 5.70 Å². The Morgan fingerprint density at radius 2 is 1.86 bits per heavy atom. The molecule has 116 valence electrons. The van der Waals surface area contributed by atoms with E-state index in [0.717, 1.165) is 0 Å². The molecule has 0 fully saturated rings. The number of allylic oxidation sites excluding steroid dienone is 2. The van der Waals surface area contributed by atoms with Gasteiger partial charge in [-0.3, -0.25) is 9.59 Å². The van der Waals surface area contributed by atoms with E-state index in [2.05, 4.69) is 5.32 Å². The number of rotatable bonds is 7. The van der Waals surface area contributed by atoms with Crippen LogP contribution in [-0.4, -0.2) is 35.2 Å². The van der Waals surface area contributed by atoms with E-state index >= 15 is 0 Å². The van der Waals surface area contributed by atoms with Crippen molar-refractivity contribution in [3.05, 3.63) is 47.2 Å². The first-order valence-electron chi connectivity index (χ1n) is 7.13. The fourth-order valence-corrected chi connectivity index (χ4v) is 2.36. The Labute approximate surface area is 128 Å². The summed E-state index contributed by atoms with van der Waals surface area (Å²) in [6.45, 7) is 0.486. The topological polar surface area (TPSA) is 109 Å². The molecular weight excluding hydrogens is 284 g/mol. The molecule has 6 heteroatoms. The lowest BCUT2D eigenvalue weighted by Crippen LogP contribution is -2.39. The highest BCUT2D eigenvalue weighted by Gasteiger charge is 2.28. The van der Waals surface area contributed by atoms with E-state index in [-0.39, 0.29) is 17.3 Å². The molecule has 0 heterocycles. The van der Waals surface area contributed by atoms with Gasteiger partial charge in [0.25, 0.3) is 0 Å². The number of benzene rings is 1. The fraction of sp³-hybridized carbons (Fsp3) is 0.312. The summed E-state index contributed by atoms with van der Waals surface area (Å²) in [6, 6.07) is 5.58. The van der Waals surface area contributed by atoms with Gasteiger partial charge in [0.15, 0.2) is 5.78 Å². The number of aliphatic carboxylic acids is 1. The molecule has 0 saturated heterocycles. The summed E-state index contributed by atoms with van der Waals surface area (Å²) in [4.78, 5) is 35.7. The summed E-state index contributed by atoms with van der Waals surface area (Å²) in [5.41, 5.74) is 6.06. The lowest BCUT2D eigenvalue weighted by Gasteiger charge is -2.20. The number of carboxylic acids is 1. The van der Waals surface area contributed by atoms with Gasteiger partial charge >= 0.3 is 5.97 Å². The van der Waals surface area contributed by atoms with Crippen LogP contribution in [0.25, 0.3) is 0 Å². The second-order valence-electron chi connectivity index (χ2n) is 5.12. The Morgan fingerprint density at radius 3 is 2.50 bits per heavy atom.